The van der Waals surface area contributed by atoms with Crippen molar-refractivity contribution in [1.82, 2.24) is 5.32 Å². The molecule has 1 aromatic heterocycles. The van der Waals surface area contributed by atoms with Crippen molar-refractivity contribution in [2.75, 3.05) is 6.54 Å². The lowest BCUT2D eigenvalue weighted by atomic mass is 10.1. The van der Waals surface area contributed by atoms with Crippen molar-refractivity contribution in [3.8, 4) is 0 Å². The molecule has 21 heavy (non-hydrogen) atoms. The summed E-state index contributed by atoms with van der Waals surface area (Å²) in [4.78, 5) is 12.2. The van der Waals surface area contributed by atoms with E-state index in [9.17, 15) is 4.79 Å². The molecular formula is C16H21ClN2O2. The van der Waals surface area contributed by atoms with E-state index in [4.69, 9.17) is 10.2 Å². The first-order valence-electron chi connectivity index (χ1n) is 7.10. The van der Waals surface area contributed by atoms with E-state index < -0.39 is 0 Å². The van der Waals surface area contributed by atoms with Crippen molar-refractivity contribution in [3.05, 3.63) is 35.1 Å². The second-order valence-corrected chi connectivity index (χ2v) is 5.72. The zero-order valence-electron chi connectivity index (χ0n) is 12.3. The molecule has 4 nitrogen and oxygen atoms in total. The third-order valence-corrected chi connectivity index (χ3v) is 4.09. The van der Waals surface area contributed by atoms with Crippen LogP contribution in [0.3, 0.4) is 0 Å². The molecule has 0 spiro atoms. The Bertz CT molecular complexity index is 662. The Kier molecular flexibility index (Phi) is 4.59. The number of furan rings is 1. The highest BCUT2D eigenvalue weighted by Gasteiger charge is 2.29. The second kappa shape index (κ2) is 6.08. The van der Waals surface area contributed by atoms with Gasteiger partial charge in [-0.15, -0.1) is 12.4 Å². The standard InChI is InChI=1S/C16H20N2O2.ClH/c1-9-4-3-5-12-10(2)15(20-14(9)12)16(19)18-8-13(17)11-6-7-11;/h3-5,11,13H,6-8,17H2,1-2H3,(H,18,19);1H. The number of carbonyl (C=O) groups excluding carboxylic acids is 1. The van der Waals surface area contributed by atoms with Crippen LogP contribution in [0.25, 0.3) is 11.0 Å². The van der Waals surface area contributed by atoms with Crippen LogP contribution in [0.1, 0.15) is 34.5 Å². The predicted octanol–water partition coefficient (Wildman–Crippen LogP) is 2.94. The number of hydrogen-bond acceptors (Lipinski definition) is 3. The van der Waals surface area contributed by atoms with Gasteiger partial charge >= 0.3 is 0 Å². The van der Waals surface area contributed by atoms with Crippen molar-refractivity contribution in [3.63, 3.8) is 0 Å². The zero-order chi connectivity index (χ0) is 14.3. The lowest BCUT2D eigenvalue weighted by Crippen LogP contribution is -2.38. The van der Waals surface area contributed by atoms with Crippen LogP contribution in [0.5, 0.6) is 0 Å². The average molecular weight is 309 g/mol. The van der Waals surface area contributed by atoms with Crippen molar-refractivity contribution in [2.24, 2.45) is 11.7 Å². The van der Waals surface area contributed by atoms with E-state index in [-0.39, 0.29) is 24.4 Å². The van der Waals surface area contributed by atoms with Gasteiger partial charge in [0.05, 0.1) is 0 Å². The highest BCUT2D eigenvalue weighted by atomic mass is 35.5. The summed E-state index contributed by atoms with van der Waals surface area (Å²) < 4.78 is 5.75. The zero-order valence-corrected chi connectivity index (χ0v) is 13.1. The van der Waals surface area contributed by atoms with Gasteiger partial charge in [-0.25, -0.2) is 0 Å². The van der Waals surface area contributed by atoms with Gasteiger partial charge in [-0.3, -0.25) is 4.79 Å². The fourth-order valence-electron chi connectivity index (χ4n) is 2.58. The van der Waals surface area contributed by atoms with E-state index >= 15 is 0 Å². The van der Waals surface area contributed by atoms with E-state index in [2.05, 4.69) is 5.32 Å². The Morgan fingerprint density at radius 2 is 2.14 bits per heavy atom. The minimum absolute atomic E-state index is 0. The number of aryl methyl sites for hydroxylation is 2. The van der Waals surface area contributed by atoms with E-state index in [0.717, 1.165) is 22.1 Å². The Morgan fingerprint density at radius 1 is 1.43 bits per heavy atom. The molecule has 1 unspecified atom stereocenters. The fraction of sp³-hybridized carbons (Fsp3) is 0.438. The van der Waals surface area contributed by atoms with Gasteiger partial charge in [0.1, 0.15) is 5.58 Å². The summed E-state index contributed by atoms with van der Waals surface area (Å²) in [6.07, 6.45) is 2.36. The SMILES string of the molecule is Cc1c(C(=O)NCC(N)C2CC2)oc2c(C)cccc12.Cl. The molecule has 0 aliphatic heterocycles. The minimum atomic E-state index is -0.172. The van der Waals surface area contributed by atoms with Gasteiger partial charge in [0.2, 0.25) is 0 Å². The molecule has 1 atom stereocenters. The molecule has 5 heteroatoms. The molecule has 1 aliphatic carbocycles. The van der Waals surface area contributed by atoms with E-state index in [1.165, 1.54) is 12.8 Å². The third-order valence-electron chi connectivity index (χ3n) is 4.09. The van der Waals surface area contributed by atoms with Crippen molar-refractivity contribution in [2.45, 2.75) is 32.7 Å². The maximum atomic E-state index is 12.2. The normalized spacial score (nSPS) is 15.6. The molecule has 1 heterocycles. The number of amides is 1. The maximum Gasteiger partial charge on any atom is 0.287 e. The van der Waals surface area contributed by atoms with Gasteiger partial charge in [-0.05, 0) is 38.2 Å². The number of fused-ring (bicyclic) bond motifs is 1. The first-order valence-corrected chi connectivity index (χ1v) is 7.10. The van der Waals surface area contributed by atoms with E-state index in [1.54, 1.807) is 0 Å². The minimum Gasteiger partial charge on any atom is -0.450 e. The van der Waals surface area contributed by atoms with Crippen LogP contribution in [0.4, 0.5) is 0 Å². The van der Waals surface area contributed by atoms with Gasteiger partial charge in [-0.1, -0.05) is 18.2 Å². The van der Waals surface area contributed by atoms with Gasteiger partial charge in [0.25, 0.3) is 5.91 Å². The summed E-state index contributed by atoms with van der Waals surface area (Å²) >= 11 is 0. The van der Waals surface area contributed by atoms with Gasteiger partial charge in [0.15, 0.2) is 5.76 Å². The van der Waals surface area contributed by atoms with Crippen molar-refractivity contribution in [1.29, 1.82) is 0 Å². The topological polar surface area (TPSA) is 68.3 Å². The first-order chi connectivity index (χ1) is 9.58. The average Bonchev–Trinajstić information content (AvgIpc) is 3.22. The predicted molar refractivity (Wildman–Crippen MR) is 86.0 cm³/mol. The first kappa shape index (κ1) is 15.9. The number of carbonyl (C=O) groups is 1. The monoisotopic (exact) mass is 308 g/mol. The summed E-state index contributed by atoms with van der Waals surface area (Å²) in [6, 6.07) is 6.00. The van der Waals surface area contributed by atoms with Crippen LogP contribution in [0.15, 0.2) is 22.6 Å². The quantitative estimate of drug-likeness (QED) is 0.912. The molecule has 1 aromatic carbocycles. The van der Waals surface area contributed by atoms with Crippen LogP contribution in [-0.4, -0.2) is 18.5 Å². The molecule has 3 rings (SSSR count). The van der Waals surface area contributed by atoms with Crippen LogP contribution in [0.2, 0.25) is 0 Å². The largest absolute Gasteiger partial charge is 0.450 e. The number of halogens is 1. The number of rotatable bonds is 4. The lowest BCUT2D eigenvalue weighted by molar-refractivity contribution is 0.0924. The van der Waals surface area contributed by atoms with Crippen LogP contribution < -0.4 is 11.1 Å². The van der Waals surface area contributed by atoms with Crippen LogP contribution >= 0.6 is 12.4 Å². The molecule has 0 bridgehead atoms. The molecule has 1 aliphatic rings. The Labute approximate surface area is 130 Å². The Morgan fingerprint density at radius 3 is 2.76 bits per heavy atom. The van der Waals surface area contributed by atoms with Crippen LogP contribution in [-0.2, 0) is 0 Å². The molecular weight excluding hydrogens is 288 g/mol. The summed E-state index contributed by atoms with van der Waals surface area (Å²) in [6.45, 7) is 4.41. The van der Waals surface area contributed by atoms with Crippen LogP contribution in [0, 0.1) is 19.8 Å². The Hall–Kier alpha value is -1.52. The molecule has 1 fully saturated rings. The molecule has 1 saturated carbocycles. The molecule has 0 radical (unpaired) electrons. The number of hydrogen-bond donors (Lipinski definition) is 2. The highest BCUT2D eigenvalue weighted by molar-refractivity contribution is 5.99. The Balaban J connectivity index is 0.00000161. The van der Waals surface area contributed by atoms with Gasteiger partial charge < -0.3 is 15.5 Å². The summed E-state index contributed by atoms with van der Waals surface area (Å²) in [5.41, 5.74) is 8.72. The summed E-state index contributed by atoms with van der Waals surface area (Å²) in [5.74, 6) is 0.806. The fourth-order valence-corrected chi connectivity index (χ4v) is 2.58. The van der Waals surface area contributed by atoms with Crippen molar-refractivity contribution >= 4 is 29.3 Å². The smallest absolute Gasteiger partial charge is 0.287 e. The molecule has 114 valence electrons. The number of benzene rings is 1. The lowest BCUT2D eigenvalue weighted by Gasteiger charge is -2.10. The molecule has 1 amide bonds. The summed E-state index contributed by atoms with van der Waals surface area (Å²) in [7, 11) is 0. The van der Waals surface area contributed by atoms with Gasteiger partial charge in [0, 0.05) is 23.5 Å². The molecule has 2 aromatic rings. The number of para-hydroxylation sites is 1. The van der Waals surface area contributed by atoms with E-state index in [0.29, 0.717) is 18.2 Å². The molecule has 3 N–H and O–H groups in total. The second-order valence-electron chi connectivity index (χ2n) is 5.72. The highest BCUT2D eigenvalue weighted by Crippen LogP contribution is 2.31. The number of nitrogens with one attached hydrogen (secondary N) is 1. The number of nitrogens with two attached hydrogens (primary N) is 1. The van der Waals surface area contributed by atoms with Gasteiger partial charge in [-0.2, -0.15) is 0 Å². The summed E-state index contributed by atoms with van der Waals surface area (Å²) in [5, 5.41) is 3.89. The van der Waals surface area contributed by atoms with Crippen molar-refractivity contribution < 1.29 is 9.21 Å². The third kappa shape index (κ3) is 3.06. The molecule has 0 saturated heterocycles. The van der Waals surface area contributed by atoms with E-state index in [1.807, 2.05) is 32.0 Å². The maximum absolute atomic E-state index is 12.2.